The van der Waals surface area contributed by atoms with Crippen LogP contribution in [0.3, 0.4) is 0 Å². The molecule has 0 fully saturated rings. The lowest BCUT2D eigenvalue weighted by Gasteiger charge is -2.09. The van der Waals surface area contributed by atoms with Gasteiger partial charge in [0.05, 0.1) is 26.3 Å². The standard InChI is InChI=1S/C20H13NO4/c1-4-5-6-7-8-9-10-11-12-13-14-15-16-21(2)25-20(22)19-24-18-17-23-3/h1H,17-19H2,2-3H3. The first kappa shape index (κ1) is 21.1. The van der Waals surface area contributed by atoms with Crippen molar-refractivity contribution in [2.24, 2.45) is 0 Å². The molecule has 0 saturated carbocycles. The lowest BCUT2D eigenvalue weighted by molar-refractivity contribution is -0.176. The molecule has 5 heteroatoms. The number of methoxy groups -OCH3 is 1. The minimum atomic E-state index is -0.580. The topological polar surface area (TPSA) is 48.0 Å². The van der Waals surface area contributed by atoms with Gasteiger partial charge < -0.3 is 14.3 Å². The lowest BCUT2D eigenvalue weighted by atomic mass is 10.5. The Hall–Kier alpha value is -3.89. The summed E-state index contributed by atoms with van der Waals surface area (Å²) in [4.78, 5) is 16.2. The minimum absolute atomic E-state index is 0.192. The molecular formula is C20H13NO4. The molecule has 0 aliphatic rings. The third-order valence-electron chi connectivity index (χ3n) is 1.80. The van der Waals surface area contributed by atoms with Crippen molar-refractivity contribution in [3.8, 4) is 83.5 Å². The van der Waals surface area contributed by atoms with Crippen LogP contribution in [0.1, 0.15) is 0 Å². The number of ether oxygens (including phenoxy) is 2. The van der Waals surface area contributed by atoms with E-state index in [4.69, 9.17) is 20.7 Å². The number of rotatable bonds is 6. The van der Waals surface area contributed by atoms with Crippen LogP contribution in [0.15, 0.2) is 0 Å². The molecule has 0 N–H and O–H groups in total. The summed E-state index contributed by atoms with van der Waals surface area (Å²) in [6.07, 6.45) is 4.91. The number of nitrogens with zero attached hydrogens (tertiary/aromatic N) is 1. The van der Waals surface area contributed by atoms with Crippen LogP contribution >= 0.6 is 0 Å². The molecule has 0 amide bonds. The largest absolute Gasteiger partial charge is 0.382 e. The van der Waals surface area contributed by atoms with Crippen molar-refractivity contribution in [1.82, 2.24) is 5.06 Å². The SMILES string of the molecule is C#CC#CC#CC#CC#CC#CC#CN(C)OC(=O)COCCOC. The number of carbonyl (C=O) groups excluding carboxylic acids is 1. The summed E-state index contributed by atoms with van der Waals surface area (Å²) in [7, 11) is 3.00. The van der Waals surface area contributed by atoms with E-state index in [0.29, 0.717) is 13.2 Å². The van der Waals surface area contributed by atoms with E-state index in [9.17, 15) is 4.79 Å². The van der Waals surface area contributed by atoms with Crippen molar-refractivity contribution in [1.29, 1.82) is 0 Å². The van der Waals surface area contributed by atoms with Gasteiger partial charge in [0.1, 0.15) is 6.61 Å². The Morgan fingerprint density at radius 1 is 0.880 bits per heavy atom. The predicted molar refractivity (Wildman–Crippen MR) is 92.0 cm³/mol. The Morgan fingerprint density at radius 2 is 1.40 bits per heavy atom. The molecule has 0 saturated heterocycles. The first-order valence-electron chi connectivity index (χ1n) is 6.68. The van der Waals surface area contributed by atoms with E-state index in [-0.39, 0.29) is 6.61 Å². The van der Waals surface area contributed by atoms with Gasteiger partial charge in [-0.2, -0.15) is 5.06 Å². The Morgan fingerprint density at radius 3 is 1.92 bits per heavy atom. The van der Waals surface area contributed by atoms with E-state index in [1.807, 2.05) is 0 Å². The zero-order chi connectivity index (χ0) is 18.6. The molecule has 0 aliphatic carbocycles. The summed E-state index contributed by atoms with van der Waals surface area (Å²) in [5.41, 5.74) is 0. The van der Waals surface area contributed by atoms with E-state index in [1.165, 1.54) is 14.2 Å². The fourth-order valence-electron chi connectivity index (χ4n) is 0.924. The maximum absolute atomic E-state index is 11.3. The molecule has 0 heterocycles. The van der Waals surface area contributed by atoms with Gasteiger partial charge in [0, 0.05) is 42.6 Å². The Balaban J connectivity index is 4.19. The summed E-state index contributed by atoms with van der Waals surface area (Å²) in [5.74, 6) is 28.3. The quantitative estimate of drug-likeness (QED) is 0.288. The Kier molecular flexibility index (Phi) is 13.9. The van der Waals surface area contributed by atoms with Gasteiger partial charge in [-0.25, -0.2) is 4.79 Å². The number of carbonyl (C=O) groups is 1. The van der Waals surface area contributed by atoms with E-state index < -0.39 is 5.97 Å². The van der Waals surface area contributed by atoms with Crippen LogP contribution in [0, 0.1) is 83.5 Å². The maximum atomic E-state index is 11.3. The van der Waals surface area contributed by atoms with Crippen molar-refractivity contribution < 1.29 is 19.1 Å². The van der Waals surface area contributed by atoms with Crippen LogP contribution in [0.4, 0.5) is 0 Å². The highest BCUT2D eigenvalue weighted by Gasteiger charge is 2.04. The molecule has 0 spiro atoms. The lowest BCUT2D eigenvalue weighted by Crippen LogP contribution is -2.22. The summed E-state index contributed by atoms with van der Waals surface area (Å²) < 4.78 is 9.76. The summed E-state index contributed by atoms with van der Waals surface area (Å²) in [6, 6.07) is 2.47. The third-order valence-corrected chi connectivity index (χ3v) is 1.80. The molecule has 0 aromatic rings. The molecule has 0 aromatic heterocycles. The van der Waals surface area contributed by atoms with Crippen LogP contribution in [0.5, 0.6) is 0 Å². The van der Waals surface area contributed by atoms with Gasteiger partial charge in [-0.1, -0.05) is 0 Å². The van der Waals surface area contributed by atoms with Gasteiger partial charge in [0.15, 0.2) is 0 Å². The van der Waals surface area contributed by atoms with E-state index in [0.717, 1.165) is 5.06 Å². The van der Waals surface area contributed by atoms with Gasteiger partial charge >= 0.3 is 5.97 Å². The highest BCUT2D eigenvalue weighted by Crippen LogP contribution is 1.86. The van der Waals surface area contributed by atoms with Crippen LogP contribution in [-0.4, -0.2) is 45.0 Å². The average Bonchev–Trinajstić information content (AvgIpc) is 2.59. The van der Waals surface area contributed by atoms with E-state index >= 15 is 0 Å². The molecule has 0 unspecified atom stereocenters. The van der Waals surface area contributed by atoms with Crippen molar-refractivity contribution in [2.75, 3.05) is 34.0 Å². The molecule has 0 aromatic carbocycles. The molecule has 0 radical (unpaired) electrons. The predicted octanol–water partition coefficient (Wildman–Crippen LogP) is -0.350. The van der Waals surface area contributed by atoms with Crippen LogP contribution in [-0.2, 0) is 19.1 Å². The monoisotopic (exact) mass is 331 g/mol. The average molecular weight is 331 g/mol. The van der Waals surface area contributed by atoms with Gasteiger partial charge in [0.25, 0.3) is 0 Å². The molecule has 0 bridgehead atoms. The summed E-state index contributed by atoms with van der Waals surface area (Å²) >= 11 is 0. The van der Waals surface area contributed by atoms with Crippen LogP contribution < -0.4 is 0 Å². The molecular weight excluding hydrogens is 318 g/mol. The van der Waals surface area contributed by atoms with Crippen molar-refractivity contribution >= 4 is 5.97 Å². The first-order chi connectivity index (χ1) is 12.2. The molecule has 5 nitrogen and oxygen atoms in total. The zero-order valence-corrected chi connectivity index (χ0v) is 13.8. The number of terminal acetylenes is 1. The summed E-state index contributed by atoms with van der Waals surface area (Å²) in [5, 5.41) is 1.02. The molecule has 25 heavy (non-hydrogen) atoms. The number of hydroxylamine groups is 2. The first-order valence-corrected chi connectivity index (χ1v) is 6.68. The van der Waals surface area contributed by atoms with Crippen molar-refractivity contribution in [3.63, 3.8) is 0 Å². The van der Waals surface area contributed by atoms with Crippen LogP contribution in [0.25, 0.3) is 0 Å². The maximum Gasteiger partial charge on any atom is 0.358 e. The van der Waals surface area contributed by atoms with Crippen molar-refractivity contribution in [2.45, 2.75) is 0 Å². The fraction of sp³-hybridized carbons (Fsp3) is 0.250. The Labute approximate surface area is 148 Å². The van der Waals surface area contributed by atoms with Gasteiger partial charge in [-0.15, -0.1) is 6.42 Å². The van der Waals surface area contributed by atoms with Gasteiger partial charge in [-0.05, 0) is 35.5 Å². The normalized spacial score (nSPS) is 6.60. The second kappa shape index (κ2) is 16.5. The van der Waals surface area contributed by atoms with Gasteiger partial charge in [-0.3, -0.25) is 0 Å². The molecule has 0 rings (SSSR count). The molecule has 0 atom stereocenters. The minimum Gasteiger partial charge on any atom is -0.382 e. The third kappa shape index (κ3) is 16.3. The smallest absolute Gasteiger partial charge is 0.358 e. The highest BCUT2D eigenvalue weighted by molar-refractivity contribution is 5.70. The van der Waals surface area contributed by atoms with Crippen LogP contribution in [0.2, 0.25) is 0 Å². The van der Waals surface area contributed by atoms with Crippen molar-refractivity contribution in [3.05, 3.63) is 0 Å². The van der Waals surface area contributed by atoms with E-state index in [1.54, 1.807) is 0 Å². The van der Waals surface area contributed by atoms with E-state index in [2.05, 4.69) is 77.1 Å². The molecule has 122 valence electrons. The second-order valence-corrected chi connectivity index (χ2v) is 3.64. The number of hydrogen-bond acceptors (Lipinski definition) is 5. The highest BCUT2D eigenvalue weighted by atomic mass is 16.7. The molecule has 0 aliphatic heterocycles. The Bertz CT molecular complexity index is 857. The number of hydrogen-bond donors (Lipinski definition) is 0. The summed E-state index contributed by atoms with van der Waals surface area (Å²) in [6.45, 7) is 0.511. The second-order valence-electron chi connectivity index (χ2n) is 3.64. The zero-order valence-electron chi connectivity index (χ0n) is 13.8. The van der Waals surface area contributed by atoms with Gasteiger partial charge in [0.2, 0.25) is 0 Å². The fourth-order valence-corrected chi connectivity index (χ4v) is 0.924.